The van der Waals surface area contributed by atoms with Gasteiger partial charge in [0.1, 0.15) is 0 Å². The maximum atomic E-state index is 3.70. The van der Waals surface area contributed by atoms with Crippen LogP contribution in [0.2, 0.25) is 0 Å². The Labute approximate surface area is 109 Å². The van der Waals surface area contributed by atoms with Gasteiger partial charge in [-0.15, -0.1) is 0 Å². The van der Waals surface area contributed by atoms with E-state index in [1.54, 1.807) is 5.56 Å². The van der Waals surface area contributed by atoms with Crippen LogP contribution in [0.3, 0.4) is 0 Å². The fraction of sp³-hybridized carbons (Fsp3) is 0.600. The summed E-state index contributed by atoms with van der Waals surface area (Å²) in [7, 11) is 0. The van der Waals surface area contributed by atoms with Crippen LogP contribution >= 0.6 is 15.9 Å². The zero-order chi connectivity index (χ0) is 12.5. The zero-order valence-corrected chi connectivity index (χ0v) is 12.9. The van der Waals surface area contributed by atoms with E-state index in [-0.39, 0.29) is 0 Å². The Morgan fingerprint density at radius 2 is 1.25 bits per heavy atom. The van der Waals surface area contributed by atoms with Crippen molar-refractivity contribution >= 4 is 15.9 Å². The third kappa shape index (κ3) is 2.68. The molecule has 0 aliphatic heterocycles. The summed E-state index contributed by atoms with van der Waals surface area (Å²) < 4.78 is 1.26. The standard InChI is InChI=1S/C15H23Br/c1-9(2)12-7-8-13(16)15(11(5)6)14(12)10(3)4/h7-11H,1-6H3. The Morgan fingerprint density at radius 3 is 1.62 bits per heavy atom. The molecule has 0 amide bonds. The molecule has 0 radical (unpaired) electrons. The number of benzene rings is 1. The van der Waals surface area contributed by atoms with E-state index in [4.69, 9.17) is 0 Å². The van der Waals surface area contributed by atoms with Crippen molar-refractivity contribution in [2.45, 2.75) is 59.3 Å². The third-order valence-electron chi connectivity index (χ3n) is 3.04. The van der Waals surface area contributed by atoms with Crippen molar-refractivity contribution in [3.05, 3.63) is 33.3 Å². The van der Waals surface area contributed by atoms with E-state index in [1.807, 2.05) is 0 Å². The van der Waals surface area contributed by atoms with Gasteiger partial charge in [-0.3, -0.25) is 0 Å². The number of halogens is 1. The van der Waals surface area contributed by atoms with Crippen LogP contribution in [0, 0.1) is 0 Å². The van der Waals surface area contributed by atoms with Crippen LogP contribution in [0.1, 0.15) is 76.0 Å². The van der Waals surface area contributed by atoms with Crippen LogP contribution in [0.25, 0.3) is 0 Å². The molecule has 0 aliphatic rings. The van der Waals surface area contributed by atoms with E-state index in [1.165, 1.54) is 15.6 Å². The first kappa shape index (κ1) is 13.8. The molecule has 0 atom stereocenters. The largest absolute Gasteiger partial charge is 0.0587 e. The first-order valence-electron chi connectivity index (χ1n) is 6.18. The van der Waals surface area contributed by atoms with Crippen molar-refractivity contribution in [3.63, 3.8) is 0 Å². The molecule has 90 valence electrons. The lowest BCUT2D eigenvalue weighted by Crippen LogP contribution is -2.06. The van der Waals surface area contributed by atoms with Gasteiger partial charge < -0.3 is 0 Å². The van der Waals surface area contributed by atoms with Crippen LogP contribution in [0.4, 0.5) is 0 Å². The van der Waals surface area contributed by atoms with Gasteiger partial charge in [0, 0.05) is 4.47 Å². The van der Waals surface area contributed by atoms with Crippen molar-refractivity contribution in [3.8, 4) is 0 Å². The molecule has 0 nitrogen and oxygen atoms in total. The van der Waals surface area contributed by atoms with Gasteiger partial charge in [-0.25, -0.2) is 0 Å². The topological polar surface area (TPSA) is 0 Å². The Balaban J connectivity index is 3.50. The van der Waals surface area contributed by atoms with Gasteiger partial charge in [-0.2, -0.15) is 0 Å². The molecule has 0 N–H and O–H groups in total. The fourth-order valence-electron chi connectivity index (χ4n) is 2.36. The van der Waals surface area contributed by atoms with E-state index in [0.717, 1.165) is 0 Å². The highest BCUT2D eigenvalue weighted by molar-refractivity contribution is 9.10. The first-order chi connectivity index (χ1) is 7.36. The predicted octanol–water partition coefficient (Wildman–Crippen LogP) is 5.82. The average molecular weight is 283 g/mol. The smallest absolute Gasteiger partial charge is 0.0212 e. The lowest BCUT2D eigenvalue weighted by Gasteiger charge is -2.23. The molecule has 16 heavy (non-hydrogen) atoms. The molecule has 0 aliphatic carbocycles. The highest BCUT2D eigenvalue weighted by atomic mass is 79.9. The Morgan fingerprint density at radius 1 is 0.750 bits per heavy atom. The SMILES string of the molecule is CC(C)c1ccc(Br)c(C(C)C)c1C(C)C. The summed E-state index contributed by atoms with van der Waals surface area (Å²) in [5.41, 5.74) is 4.53. The summed E-state index contributed by atoms with van der Waals surface area (Å²) in [6.45, 7) is 13.7. The highest BCUT2D eigenvalue weighted by Gasteiger charge is 2.18. The second kappa shape index (κ2) is 5.35. The zero-order valence-electron chi connectivity index (χ0n) is 11.3. The molecule has 1 rings (SSSR count). The van der Waals surface area contributed by atoms with Crippen LogP contribution in [0.5, 0.6) is 0 Å². The summed E-state index contributed by atoms with van der Waals surface area (Å²) >= 11 is 3.70. The quantitative estimate of drug-likeness (QED) is 0.655. The number of rotatable bonds is 3. The maximum Gasteiger partial charge on any atom is 0.0212 e. The molecule has 0 aromatic heterocycles. The summed E-state index contributed by atoms with van der Waals surface area (Å²) in [4.78, 5) is 0. The molecule has 0 bridgehead atoms. The van der Waals surface area contributed by atoms with Crippen molar-refractivity contribution in [2.24, 2.45) is 0 Å². The molecule has 0 saturated heterocycles. The Kier molecular flexibility index (Phi) is 4.61. The average Bonchev–Trinajstić information content (AvgIpc) is 2.15. The molecule has 0 heterocycles. The van der Waals surface area contributed by atoms with Gasteiger partial charge in [0.25, 0.3) is 0 Å². The van der Waals surface area contributed by atoms with E-state index in [2.05, 4.69) is 69.6 Å². The van der Waals surface area contributed by atoms with Gasteiger partial charge in [-0.05, 0) is 40.5 Å². The summed E-state index contributed by atoms with van der Waals surface area (Å²) in [5, 5.41) is 0. The van der Waals surface area contributed by atoms with Gasteiger partial charge in [0.15, 0.2) is 0 Å². The molecule has 0 saturated carbocycles. The highest BCUT2D eigenvalue weighted by Crippen LogP contribution is 2.37. The van der Waals surface area contributed by atoms with Crippen LogP contribution in [0.15, 0.2) is 16.6 Å². The van der Waals surface area contributed by atoms with Crippen LogP contribution < -0.4 is 0 Å². The van der Waals surface area contributed by atoms with Crippen molar-refractivity contribution < 1.29 is 0 Å². The molecular weight excluding hydrogens is 260 g/mol. The van der Waals surface area contributed by atoms with E-state index < -0.39 is 0 Å². The molecule has 1 aromatic rings. The lowest BCUT2D eigenvalue weighted by molar-refractivity contribution is 0.745. The maximum absolute atomic E-state index is 3.70. The molecule has 1 heteroatoms. The Hall–Kier alpha value is -0.300. The summed E-state index contributed by atoms with van der Waals surface area (Å²) in [5.74, 6) is 1.76. The van der Waals surface area contributed by atoms with Crippen molar-refractivity contribution in [1.82, 2.24) is 0 Å². The minimum absolute atomic E-state index is 0.575. The predicted molar refractivity (Wildman–Crippen MR) is 76.4 cm³/mol. The minimum Gasteiger partial charge on any atom is -0.0587 e. The summed E-state index contributed by atoms with van der Waals surface area (Å²) in [6, 6.07) is 4.48. The van der Waals surface area contributed by atoms with E-state index in [9.17, 15) is 0 Å². The first-order valence-corrected chi connectivity index (χ1v) is 6.97. The van der Waals surface area contributed by atoms with E-state index >= 15 is 0 Å². The number of hydrogen-bond donors (Lipinski definition) is 0. The normalized spacial score (nSPS) is 11.9. The monoisotopic (exact) mass is 282 g/mol. The van der Waals surface area contributed by atoms with Gasteiger partial charge in [0.05, 0.1) is 0 Å². The van der Waals surface area contributed by atoms with Crippen LogP contribution in [-0.2, 0) is 0 Å². The summed E-state index contributed by atoms with van der Waals surface area (Å²) in [6.07, 6.45) is 0. The lowest BCUT2D eigenvalue weighted by atomic mass is 9.83. The van der Waals surface area contributed by atoms with E-state index in [0.29, 0.717) is 17.8 Å². The van der Waals surface area contributed by atoms with Gasteiger partial charge in [0.2, 0.25) is 0 Å². The molecule has 0 spiro atoms. The number of hydrogen-bond acceptors (Lipinski definition) is 0. The second-order valence-corrected chi connectivity index (χ2v) is 6.28. The van der Waals surface area contributed by atoms with Crippen molar-refractivity contribution in [2.75, 3.05) is 0 Å². The molecular formula is C15H23Br. The van der Waals surface area contributed by atoms with Gasteiger partial charge in [-0.1, -0.05) is 63.5 Å². The van der Waals surface area contributed by atoms with Gasteiger partial charge >= 0.3 is 0 Å². The molecule has 0 unspecified atom stereocenters. The third-order valence-corrected chi connectivity index (χ3v) is 3.74. The van der Waals surface area contributed by atoms with Crippen LogP contribution in [-0.4, -0.2) is 0 Å². The second-order valence-electron chi connectivity index (χ2n) is 5.43. The Bertz CT molecular complexity index is 362. The van der Waals surface area contributed by atoms with Crippen molar-refractivity contribution in [1.29, 1.82) is 0 Å². The fourth-order valence-corrected chi connectivity index (χ4v) is 3.16. The molecule has 1 aromatic carbocycles. The minimum atomic E-state index is 0.575. The molecule has 0 fully saturated rings.